The summed E-state index contributed by atoms with van der Waals surface area (Å²) in [6.07, 6.45) is 1.47. The molecule has 1 aromatic heterocycles. The van der Waals surface area contributed by atoms with Crippen LogP contribution in [0.1, 0.15) is 39.3 Å². The van der Waals surface area contributed by atoms with Crippen molar-refractivity contribution in [2.75, 3.05) is 26.7 Å². The highest BCUT2D eigenvalue weighted by Gasteiger charge is 2.30. The zero-order valence-corrected chi connectivity index (χ0v) is 22.1. The SMILES string of the molecule is Cc1cc2c(s1)Cc1ccccc1N=C2N1CCN(C)[C@@H](Cc2ccccc2)C1.O=C(O)CCC(=O)O. The van der Waals surface area contributed by atoms with Gasteiger partial charge in [0.05, 0.1) is 18.5 Å². The van der Waals surface area contributed by atoms with Gasteiger partial charge in [-0.1, -0.05) is 48.5 Å². The summed E-state index contributed by atoms with van der Waals surface area (Å²) in [5.41, 5.74) is 5.21. The Morgan fingerprint density at radius 1 is 1.00 bits per heavy atom. The molecule has 8 heteroatoms. The Bertz CT molecular complexity index is 1260. The van der Waals surface area contributed by atoms with Gasteiger partial charge in [0.25, 0.3) is 0 Å². The van der Waals surface area contributed by atoms with Gasteiger partial charge in [-0.2, -0.15) is 0 Å². The first-order valence-electron chi connectivity index (χ1n) is 12.5. The van der Waals surface area contributed by atoms with E-state index < -0.39 is 11.9 Å². The van der Waals surface area contributed by atoms with E-state index >= 15 is 0 Å². The number of hydrogen-bond acceptors (Lipinski definition) is 6. The van der Waals surface area contributed by atoms with E-state index in [4.69, 9.17) is 15.2 Å². The predicted octanol–water partition coefficient (Wildman–Crippen LogP) is 4.83. The second-order valence-corrected chi connectivity index (χ2v) is 10.8. The number of hydrogen-bond donors (Lipinski definition) is 2. The maximum absolute atomic E-state index is 9.64. The van der Waals surface area contributed by atoms with Crippen molar-refractivity contribution in [3.63, 3.8) is 0 Å². The number of benzene rings is 2. The van der Waals surface area contributed by atoms with Crippen molar-refractivity contribution in [3.8, 4) is 0 Å². The number of amidine groups is 1. The van der Waals surface area contributed by atoms with Crippen molar-refractivity contribution in [1.82, 2.24) is 9.80 Å². The van der Waals surface area contributed by atoms with Gasteiger partial charge in [0.2, 0.25) is 0 Å². The van der Waals surface area contributed by atoms with Crippen molar-refractivity contribution >= 4 is 34.8 Å². The zero-order valence-electron chi connectivity index (χ0n) is 21.3. The van der Waals surface area contributed by atoms with Gasteiger partial charge < -0.3 is 15.1 Å². The summed E-state index contributed by atoms with van der Waals surface area (Å²) in [6.45, 7) is 5.32. The molecule has 1 atom stereocenters. The third-order valence-electron chi connectivity index (χ3n) is 6.69. The minimum Gasteiger partial charge on any atom is -0.481 e. The normalized spacial score (nSPS) is 17.0. The Labute approximate surface area is 221 Å². The van der Waals surface area contributed by atoms with Crippen LogP contribution in [0, 0.1) is 6.92 Å². The fraction of sp³-hybridized carbons (Fsp3) is 0.345. The number of carboxylic acids is 2. The monoisotopic (exact) mass is 519 g/mol. The van der Waals surface area contributed by atoms with E-state index in [0.717, 1.165) is 38.2 Å². The molecule has 0 saturated carbocycles. The van der Waals surface area contributed by atoms with Crippen LogP contribution in [0.4, 0.5) is 5.69 Å². The highest BCUT2D eigenvalue weighted by molar-refractivity contribution is 7.12. The Balaban J connectivity index is 0.000000349. The van der Waals surface area contributed by atoms with Gasteiger partial charge in [-0.25, -0.2) is 4.99 Å². The zero-order chi connectivity index (χ0) is 26.4. The number of carbonyl (C=O) groups is 2. The first-order valence-corrected chi connectivity index (χ1v) is 13.3. The van der Waals surface area contributed by atoms with E-state index in [1.54, 1.807) is 0 Å². The molecule has 0 spiro atoms. The largest absolute Gasteiger partial charge is 0.481 e. The van der Waals surface area contributed by atoms with Gasteiger partial charge in [0.15, 0.2) is 0 Å². The third kappa shape index (κ3) is 7.05. The number of fused-ring (bicyclic) bond motifs is 2. The first-order chi connectivity index (χ1) is 17.8. The molecule has 5 rings (SSSR count). The summed E-state index contributed by atoms with van der Waals surface area (Å²) >= 11 is 1.92. The van der Waals surface area contributed by atoms with Crippen molar-refractivity contribution in [2.24, 2.45) is 4.99 Å². The van der Waals surface area contributed by atoms with Gasteiger partial charge >= 0.3 is 11.9 Å². The van der Waals surface area contributed by atoms with Crippen molar-refractivity contribution in [1.29, 1.82) is 0 Å². The summed E-state index contributed by atoms with van der Waals surface area (Å²) in [5, 5.41) is 15.8. The number of aryl methyl sites for hydroxylation is 1. The Hall–Kier alpha value is -3.49. The van der Waals surface area contributed by atoms with E-state index in [9.17, 15) is 9.59 Å². The molecule has 0 unspecified atom stereocenters. The topological polar surface area (TPSA) is 93.4 Å². The van der Waals surface area contributed by atoms with Gasteiger partial charge in [-0.3, -0.25) is 14.5 Å². The minimum atomic E-state index is -1.08. The molecule has 2 aromatic carbocycles. The minimum absolute atomic E-state index is 0.296. The summed E-state index contributed by atoms with van der Waals surface area (Å²) in [6, 6.07) is 22.3. The third-order valence-corrected chi connectivity index (χ3v) is 7.74. The average molecular weight is 520 g/mol. The van der Waals surface area contributed by atoms with Gasteiger partial charge in [-0.05, 0) is 43.7 Å². The van der Waals surface area contributed by atoms with E-state index in [2.05, 4.69) is 84.4 Å². The molecule has 1 fully saturated rings. The molecule has 37 heavy (non-hydrogen) atoms. The second-order valence-electron chi connectivity index (χ2n) is 9.49. The Kier molecular flexibility index (Phi) is 8.74. The van der Waals surface area contributed by atoms with Crippen LogP contribution in [0.5, 0.6) is 0 Å². The van der Waals surface area contributed by atoms with E-state index in [-0.39, 0.29) is 12.8 Å². The number of rotatable bonds is 5. The molecule has 0 bridgehead atoms. The number of likely N-dealkylation sites (N-methyl/N-ethyl adjacent to an activating group) is 1. The number of aliphatic imine (C=N–C) groups is 1. The molecule has 1 saturated heterocycles. The molecule has 7 nitrogen and oxygen atoms in total. The first kappa shape index (κ1) is 26.6. The van der Waals surface area contributed by atoms with Crippen LogP contribution < -0.4 is 0 Å². The average Bonchev–Trinajstić information content (AvgIpc) is 3.16. The smallest absolute Gasteiger partial charge is 0.303 e. The molecule has 2 aliphatic rings. The second kappa shape index (κ2) is 12.2. The molecule has 194 valence electrons. The van der Waals surface area contributed by atoms with E-state index in [1.807, 2.05) is 11.3 Å². The number of thiophene rings is 1. The van der Waals surface area contributed by atoms with Crippen LogP contribution in [0.15, 0.2) is 65.7 Å². The maximum atomic E-state index is 9.64. The number of nitrogens with zero attached hydrogens (tertiary/aromatic N) is 3. The fourth-order valence-corrected chi connectivity index (χ4v) is 5.75. The highest BCUT2D eigenvalue weighted by Crippen LogP contribution is 2.34. The van der Waals surface area contributed by atoms with Crippen molar-refractivity contribution in [3.05, 3.63) is 87.1 Å². The Morgan fingerprint density at radius 3 is 2.38 bits per heavy atom. The van der Waals surface area contributed by atoms with Crippen LogP contribution in [0.3, 0.4) is 0 Å². The van der Waals surface area contributed by atoms with Crippen LogP contribution in [0.2, 0.25) is 0 Å². The molecule has 3 aromatic rings. The number of piperazine rings is 1. The molecule has 0 aliphatic carbocycles. The lowest BCUT2D eigenvalue weighted by molar-refractivity contribution is -0.143. The standard InChI is InChI=1S/C25H27N3S.C4H6O4/c1-18-14-22-24(29-18)16-20-10-6-7-11-23(20)26-25(22)28-13-12-27(2)21(17-28)15-19-8-4-3-5-9-19;5-3(6)1-2-4(7)8/h3-11,14,21H,12-13,15-17H2,1-2H3;1-2H2,(H,5,6)(H,7,8)/t21-;/m0./s1. The number of para-hydroxylation sites is 1. The number of aliphatic carboxylic acids is 2. The van der Waals surface area contributed by atoms with Crippen molar-refractivity contribution in [2.45, 2.75) is 38.6 Å². The van der Waals surface area contributed by atoms with Crippen LogP contribution >= 0.6 is 11.3 Å². The Morgan fingerprint density at radius 2 is 1.68 bits per heavy atom. The van der Waals surface area contributed by atoms with E-state index in [0.29, 0.717) is 6.04 Å². The molecule has 3 heterocycles. The summed E-state index contributed by atoms with van der Waals surface area (Å²) < 4.78 is 0. The molecule has 0 radical (unpaired) electrons. The van der Waals surface area contributed by atoms with Gasteiger partial charge in [0, 0.05) is 47.4 Å². The van der Waals surface area contributed by atoms with Crippen LogP contribution in [-0.4, -0.2) is 70.5 Å². The van der Waals surface area contributed by atoms with E-state index in [1.165, 1.54) is 32.3 Å². The molecular formula is C29H33N3O4S. The fourth-order valence-electron chi connectivity index (χ4n) is 4.70. The maximum Gasteiger partial charge on any atom is 0.303 e. The lowest BCUT2D eigenvalue weighted by atomic mass is 10.0. The molecule has 2 N–H and O–H groups in total. The van der Waals surface area contributed by atoms with Crippen molar-refractivity contribution < 1.29 is 19.8 Å². The summed E-state index contributed by atoms with van der Waals surface area (Å²) in [5.74, 6) is -0.986. The van der Waals surface area contributed by atoms with Gasteiger partial charge in [-0.15, -0.1) is 11.3 Å². The lowest BCUT2D eigenvalue weighted by Gasteiger charge is -2.41. The predicted molar refractivity (Wildman–Crippen MR) is 147 cm³/mol. The summed E-state index contributed by atoms with van der Waals surface area (Å²) in [4.78, 5) is 32.4. The quantitative estimate of drug-likeness (QED) is 0.501. The molecule has 0 amide bonds. The highest BCUT2D eigenvalue weighted by atomic mass is 32.1. The lowest BCUT2D eigenvalue weighted by Crippen LogP contribution is -2.54. The van der Waals surface area contributed by atoms with Crippen LogP contribution in [-0.2, 0) is 22.4 Å². The summed E-state index contributed by atoms with van der Waals surface area (Å²) in [7, 11) is 2.26. The van der Waals surface area contributed by atoms with Gasteiger partial charge in [0.1, 0.15) is 5.84 Å². The van der Waals surface area contributed by atoms with Crippen LogP contribution in [0.25, 0.3) is 0 Å². The number of carboxylic acid groups (broad SMARTS) is 2. The molecule has 2 aliphatic heterocycles. The molecular weight excluding hydrogens is 486 g/mol.